The number of hydrogen-bond acceptors (Lipinski definition) is 5. The van der Waals surface area contributed by atoms with E-state index >= 15 is 0 Å². The lowest BCUT2D eigenvalue weighted by molar-refractivity contribution is 0.159. The molecule has 1 aromatic heterocycles. The smallest absolute Gasteiger partial charge is 0.246 e. The van der Waals surface area contributed by atoms with E-state index in [1.807, 2.05) is 14.0 Å². The zero-order valence-corrected chi connectivity index (χ0v) is 13.3. The van der Waals surface area contributed by atoms with E-state index in [2.05, 4.69) is 10.2 Å². The number of piperazine rings is 1. The summed E-state index contributed by atoms with van der Waals surface area (Å²) < 4.78 is 32.5. The van der Waals surface area contributed by atoms with Gasteiger partial charge in [0.1, 0.15) is 16.4 Å². The van der Waals surface area contributed by atoms with Crippen molar-refractivity contribution in [2.45, 2.75) is 31.3 Å². The molecule has 7 heteroatoms. The molecule has 1 atom stereocenters. The molecule has 0 saturated carbocycles. The predicted octanol–water partition coefficient (Wildman–Crippen LogP) is 0.632. The van der Waals surface area contributed by atoms with Crippen LogP contribution in [0, 0.1) is 6.92 Å². The first kappa shape index (κ1) is 15.5. The number of nitrogens with one attached hydrogen (secondary N) is 1. The second-order valence-corrected chi connectivity index (χ2v) is 7.26. The highest BCUT2D eigenvalue weighted by molar-refractivity contribution is 7.89. The van der Waals surface area contributed by atoms with Crippen molar-refractivity contribution >= 4 is 10.0 Å². The average molecular weight is 301 g/mol. The van der Waals surface area contributed by atoms with Crippen LogP contribution in [0.4, 0.5) is 0 Å². The quantitative estimate of drug-likeness (QED) is 0.884. The number of likely N-dealkylation sites (N-methyl/N-ethyl adjacent to an activating group) is 1. The number of aryl methyl sites for hydroxylation is 1. The molecule has 114 valence electrons. The van der Waals surface area contributed by atoms with E-state index in [0.29, 0.717) is 36.1 Å². The van der Waals surface area contributed by atoms with Gasteiger partial charge in [0.2, 0.25) is 10.0 Å². The number of rotatable bonds is 4. The molecule has 1 unspecified atom stereocenters. The van der Waals surface area contributed by atoms with Crippen molar-refractivity contribution in [3.63, 3.8) is 0 Å². The number of sulfonamides is 1. The van der Waals surface area contributed by atoms with Crippen molar-refractivity contribution in [2.24, 2.45) is 0 Å². The summed E-state index contributed by atoms with van der Waals surface area (Å²) in [4.78, 5) is 2.46. The molecule has 1 aromatic rings. The van der Waals surface area contributed by atoms with Gasteiger partial charge in [-0.25, -0.2) is 8.42 Å². The van der Waals surface area contributed by atoms with Crippen molar-refractivity contribution in [3.05, 3.63) is 17.6 Å². The van der Waals surface area contributed by atoms with E-state index in [-0.39, 0.29) is 6.04 Å². The van der Waals surface area contributed by atoms with Crippen LogP contribution in [0.5, 0.6) is 0 Å². The fourth-order valence-electron chi connectivity index (χ4n) is 2.41. The Morgan fingerprint density at radius 3 is 2.75 bits per heavy atom. The van der Waals surface area contributed by atoms with Crippen molar-refractivity contribution in [2.75, 3.05) is 33.7 Å². The van der Waals surface area contributed by atoms with Crippen molar-refractivity contribution in [3.8, 4) is 0 Å². The van der Waals surface area contributed by atoms with E-state index in [4.69, 9.17) is 4.42 Å². The molecule has 1 aliphatic rings. The van der Waals surface area contributed by atoms with Crippen molar-refractivity contribution in [1.82, 2.24) is 14.5 Å². The third-order valence-corrected chi connectivity index (χ3v) is 5.79. The first-order valence-corrected chi connectivity index (χ1v) is 8.24. The van der Waals surface area contributed by atoms with Crippen LogP contribution in [0.1, 0.15) is 18.4 Å². The first-order chi connectivity index (χ1) is 9.36. The molecule has 0 spiro atoms. The van der Waals surface area contributed by atoms with Gasteiger partial charge in [0.05, 0.1) is 6.54 Å². The Hall–Kier alpha value is -0.890. The minimum Gasteiger partial charge on any atom is -0.464 e. The molecule has 0 bridgehead atoms. The average Bonchev–Trinajstić information content (AvgIpc) is 2.75. The first-order valence-electron chi connectivity index (χ1n) is 6.80. The Morgan fingerprint density at radius 1 is 1.45 bits per heavy atom. The molecule has 20 heavy (non-hydrogen) atoms. The van der Waals surface area contributed by atoms with Gasteiger partial charge in [-0.05, 0) is 27.9 Å². The van der Waals surface area contributed by atoms with E-state index in [1.165, 1.54) is 0 Å². The van der Waals surface area contributed by atoms with Crippen LogP contribution in [0.2, 0.25) is 0 Å². The molecule has 2 rings (SSSR count). The lowest BCUT2D eigenvalue weighted by atomic mass is 10.2. The van der Waals surface area contributed by atoms with Gasteiger partial charge < -0.3 is 14.6 Å². The minimum absolute atomic E-state index is 0.225. The van der Waals surface area contributed by atoms with Crippen LogP contribution in [-0.4, -0.2) is 57.4 Å². The van der Waals surface area contributed by atoms with Gasteiger partial charge in [-0.1, -0.05) is 0 Å². The van der Waals surface area contributed by atoms with Crippen molar-refractivity contribution in [1.29, 1.82) is 0 Å². The maximum absolute atomic E-state index is 12.7. The summed E-state index contributed by atoms with van der Waals surface area (Å²) >= 11 is 0. The Kier molecular flexibility index (Phi) is 4.53. The van der Waals surface area contributed by atoms with E-state index in [1.54, 1.807) is 24.3 Å². The summed E-state index contributed by atoms with van der Waals surface area (Å²) in [7, 11) is 0.355. The molecular formula is C13H23N3O3S. The lowest BCUT2D eigenvalue weighted by Gasteiger charge is -2.36. The van der Waals surface area contributed by atoms with Gasteiger partial charge in [-0.3, -0.25) is 0 Å². The monoisotopic (exact) mass is 301 g/mol. The second-order valence-electron chi connectivity index (χ2n) is 5.36. The van der Waals surface area contributed by atoms with Gasteiger partial charge >= 0.3 is 0 Å². The molecule has 1 aliphatic heterocycles. The molecule has 1 N–H and O–H groups in total. The summed E-state index contributed by atoms with van der Waals surface area (Å²) in [5.41, 5.74) is 0. The molecule has 0 aliphatic carbocycles. The maximum Gasteiger partial charge on any atom is 0.246 e. The largest absolute Gasteiger partial charge is 0.464 e. The second kappa shape index (κ2) is 5.85. The van der Waals surface area contributed by atoms with E-state index < -0.39 is 10.0 Å². The molecule has 0 aromatic carbocycles. The molecule has 2 heterocycles. The third kappa shape index (κ3) is 2.90. The van der Waals surface area contributed by atoms with Crippen LogP contribution in [0.3, 0.4) is 0 Å². The normalized spacial score (nSPS) is 22.3. The zero-order chi connectivity index (χ0) is 14.9. The topological polar surface area (TPSA) is 65.8 Å². The summed E-state index contributed by atoms with van der Waals surface area (Å²) in [5, 5.41) is 2.96. The number of nitrogens with zero attached hydrogens (tertiary/aromatic N) is 2. The van der Waals surface area contributed by atoms with Crippen LogP contribution in [0.15, 0.2) is 15.4 Å². The molecule has 0 radical (unpaired) electrons. The van der Waals surface area contributed by atoms with Gasteiger partial charge in [-0.2, -0.15) is 4.31 Å². The number of hydrogen-bond donors (Lipinski definition) is 1. The predicted molar refractivity (Wildman–Crippen MR) is 77.1 cm³/mol. The summed E-state index contributed by atoms with van der Waals surface area (Å²) in [5.74, 6) is 1.10. The Bertz CT molecular complexity index is 567. The Labute approximate surface area is 120 Å². The van der Waals surface area contributed by atoms with E-state index in [9.17, 15) is 8.42 Å². The van der Waals surface area contributed by atoms with E-state index in [0.717, 1.165) is 6.54 Å². The summed E-state index contributed by atoms with van der Waals surface area (Å²) in [6, 6.07) is 1.85. The standard InChI is InChI=1S/C13H23N3O3S/c1-10-9-16(6-5-15(10)4)20(17,18)13-7-12(8-14-3)19-11(13)2/h7,10,14H,5-6,8-9H2,1-4H3. The highest BCUT2D eigenvalue weighted by atomic mass is 32.2. The fraction of sp³-hybridized carbons (Fsp3) is 0.692. The highest BCUT2D eigenvalue weighted by Gasteiger charge is 2.33. The van der Waals surface area contributed by atoms with Crippen LogP contribution in [0.25, 0.3) is 0 Å². The zero-order valence-electron chi connectivity index (χ0n) is 12.5. The van der Waals surface area contributed by atoms with Crippen LogP contribution in [-0.2, 0) is 16.6 Å². The lowest BCUT2D eigenvalue weighted by Crippen LogP contribution is -2.51. The number of furan rings is 1. The molecule has 1 fully saturated rings. The van der Waals surface area contributed by atoms with Crippen molar-refractivity contribution < 1.29 is 12.8 Å². The van der Waals surface area contributed by atoms with Crippen LogP contribution < -0.4 is 5.32 Å². The third-order valence-electron chi connectivity index (χ3n) is 3.81. The minimum atomic E-state index is -3.46. The SMILES string of the molecule is CNCc1cc(S(=O)(=O)N2CCN(C)C(C)C2)c(C)o1. The van der Waals surface area contributed by atoms with Crippen LogP contribution >= 0.6 is 0 Å². The molecule has 1 saturated heterocycles. The molecular weight excluding hydrogens is 278 g/mol. The molecule has 6 nitrogen and oxygen atoms in total. The fourth-order valence-corrected chi connectivity index (χ4v) is 4.11. The van der Waals surface area contributed by atoms with Gasteiger partial charge in [0, 0.05) is 31.7 Å². The Morgan fingerprint density at radius 2 is 2.15 bits per heavy atom. The van der Waals surface area contributed by atoms with Gasteiger partial charge in [-0.15, -0.1) is 0 Å². The van der Waals surface area contributed by atoms with Gasteiger partial charge in [0.25, 0.3) is 0 Å². The summed E-state index contributed by atoms with van der Waals surface area (Å²) in [6.07, 6.45) is 0. The maximum atomic E-state index is 12.7. The molecule has 0 amide bonds. The highest BCUT2D eigenvalue weighted by Crippen LogP contribution is 2.25. The Balaban J connectivity index is 2.26. The summed E-state index contributed by atoms with van der Waals surface area (Å²) in [6.45, 7) is 6.05. The van der Waals surface area contributed by atoms with Gasteiger partial charge in [0.15, 0.2) is 0 Å².